The number of nitrogens with zero attached hydrogens (tertiary/aromatic N) is 2. The summed E-state index contributed by atoms with van der Waals surface area (Å²) in [5, 5.41) is 2.42. The van der Waals surface area contributed by atoms with Gasteiger partial charge in [0.05, 0.1) is 9.90 Å². The molecule has 1 aromatic carbocycles. The van der Waals surface area contributed by atoms with E-state index in [1.54, 1.807) is 0 Å². The van der Waals surface area contributed by atoms with Gasteiger partial charge in [0.15, 0.2) is 0 Å². The summed E-state index contributed by atoms with van der Waals surface area (Å²) in [5.41, 5.74) is -0.309. The number of hydrogen-bond donors (Lipinski definition) is 1. The van der Waals surface area contributed by atoms with E-state index in [4.69, 9.17) is 11.6 Å². The van der Waals surface area contributed by atoms with E-state index in [1.165, 1.54) is 21.3 Å². The van der Waals surface area contributed by atoms with E-state index in [-0.39, 0.29) is 54.8 Å². The van der Waals surface area contributed by atoms with Crippen molar-refractivity contribution in [3.05, 3.63) is 51.9 Å². The first-order chi connectivity index (χ1) is 14.2. The lowest BCUT2D eigenvalue weighted by atomic mass is 10.2. The minimum absolute atomic E-state index is 0.0260. The van der Waals surface area contributed by atoms with E-state index in [0.29, 0.717) is 10.4 Å². The number of carbonyl (C=O) groups excluding carboxylic acids is 2. The predicted molar refractivity (Wildman–Crippen MR) is 108 cm³/mol. The average Bonchev–Trinajstić information content (AvgIpc) is 3.15. The maximum Gasteiger partial charge on any atom is 0.254 e. The highest BCUT2D eigenvalue weighted by Gasteiger charge is 2.31. The molecular weight excluding hydrogens is 460 g/mol. The van der Waals surface area contributed by atoms with Gasteiger partial charge in [-0.2, -0.15) is 4.31 Å². The monoisotopic (exact) mass is 477 g/mol. The molecule has 1 aromatic heterocycles. The van der Waals surface area contributed by atoms with Crippen molar-refractivity contribution in [1.29, 1.82) is 0 Å². The van der Waals surface area contributed by atoms with Gasteiger partial charge in [-0.25, -0.2) is 17.2 Å². The molecular formula is C18H18ClF2N3O4S2. The molecule has 0 atom stereocenters. The summed E-state index contributed by atoms with van der Waals surface area (Å²) >= 11 is 6.79. The zero-order chi connectivity index (χ0) is 21.9. The Bertz CT molecular complexity index is 1050. The summed E-state index contributed by atoms with van der Waals surface area (Å²) in [7, 11) is -3.65. The fraction of sp³-hybridized carbons (Fsp3) is 0.333. The molecule has 30 heavy (non-hydrogen) atoms. The van der Waals surface area contributed by atoms with E-state index >= 15 is 0 Å². The standard InChI is InChI=1S/C18H18ClF2N3O4S2/c19-15-3-4-17(29-15)30(27,28)24-9-7-23(8-10-24)16(25)5-6-22-18(26)13-2-1-12(20)11-14(13)21/h1-4,11H,5-10H2,(H,22,26). The average molecular weight is 478 g/mol. The number of halogens is 3. The third kappa shape index (κ3) is 5.15. The van der Waals surface area contributed by atoms with E-state index in [1.807, 2.05) is 0 Å². The lowest BCUT2D eigenvalue weighted by Gasteiger charge is -2.33. The van der Waals surface area contributed by atoms with Gasteiger partial charge in [0.1, 0.15) is 15.8 Å². The zero-order valence-corrected chi connectivity index (χ0v) is 18.0. The lowest BCUT2D eigenvalue weighted by molar-refractivity contribution is -0.132. The molecule has 12 heteroatoms. The number of rotatable bonds is 6. The Morgan fingerprint density at radius 2 is 1.80 bits per heavy atom. The highest BCUT2D eigenvalue weighted by atomic mass is 35.5. The molecule has 0 aliphatic carbocycles. The van der Waals surface area contributed by atoms with Crippen LogP contribution in [0.25, 0.3) is 0 Å². The van der Waals surface area contributed by atoms with Gasteiger partial charge < -0.3 is 10.2 Å². The van der Waals surface area contributed by atoms with Gasteiger partial charge in [0.25, 0.3) is 15.9 Å². The van der Waals surface area contributed by atoms with E-state index < -0.39 is 27.6 Å². The molecule has 0 unspecified atom stereocenters. The van der Waals surface area contributed by atoms with Gasteiger partial charge in [0.2, 0.25) is 5.91 Å². The van der Waals surface area contributed by atoms with E-state index in [0.717, 1.165) is 23.5 Å². The number of hydrogen-bond acceptors (Lipinski definition) is 5. The number of nitrogens with one attached hydrogen (secondary N) is 1. The molecule has 1 fully saturated rings. The Kier molecular flexibility index (Phi) is 7.06. The topological polar surface area (TPSA) is 86.8 Å². The van der Waals surface area contributed by atoms with Crippen molar-refractivity contribution in [2.24, 2.45) is 0 Å². The highest BCUT2D eigenvalue weighted by Crippen LogP contribution is 2.28. The first-order valence-electron chi connectivity index (χ1n) is 8.95. The van der Waals surface area contributed by atoms with Crippen LogP contribution in [0.2, 0.25) is 4.34 Å². The van der Waals surface area contributed by atoms with Crippen LogP contribution in [0.3, 0.4) is 0 Å². The molecule has 1 saturated heterocycles. The fourth-order valence-corrected chi connectivity index (χ4v) is 6.01. The van der Waals surface area contributed by atoms with Crippen molar-refractivity contribution < 1.29 is 26.8 Å². The second kappa shape index (κ2) is 9.38. The highest BCUT2D eigenvalue weighted by molar-refractivity contribution is 7.91. The number of carbonyl (C=O) groups is 2. The Morgan fingerprint density at radius 3 is 2.40 bits per heavy atom. The first-order valence-corrected chi connectivity index (χ1v) is 11.6. The summed E-state index contributed by atoms with van der Waals surface area (Å²) in [6, 6.07) is 5.58. The molecule has 3 rings (SSSR count). The van der Waals surface area contributed by atoms with Crippen molar-refractivity contribution in [2.75, 3.05) is 32.7 Å². The largest absolute Gasteiger partial charge is 0.351 e. The summed E-state index contributed by atoms with van der Waals surface area (Å²) in [6.45, 7) is 0.712. The van der Waals surface area contributed by atoms with Crippen LogP contribution in [-0.2, 0) is 14.8 Å². The number of sulfonamides is 1. The summed E-state index contributed by atoms with van der Waals surface area (Å²) < 4.78 is 53.5. The van der Waals surface area contributed by atoms with Gasteiger partial charge in [-0.1, -0.05) is 11.6 Å². The van der Waals surface area contributed by atoms with Crippen LogP contribution in [0.1, 0.15) is 16.8 Å². The molecule has 0 radical (unpaired) electrons. The van der Waals surface area contributed by atoms with Crippen LogP contribution < -0.4 is 5.32 Å². The zero-order valence-electron chi connectivity index (χ0n) is 15.6. The molecule has 1 aliphatic rings. The number of thiophene rings is 1. The first kappa shape index (κ1) is 22.6. The van der Waals surface area contributed by atoms with Gasteiger partial charge in [-0.15, -0.1) is 11.3 Å². The van der Waals surface area contributed by atoms with Crippen molar-refractivity contribution in [3.63, 3.8) is 0 Å². The molecule has 0 saturated carbocycles. The second-order valence-corrected chi connectivity index (χ2v) is 10.4. The second-order valence-electron chi connectivity index (χ2n) is 6.47. The molecule has 7 nitrogen and oxygen atoms in total. The van der Waals surface area contributed by atoms with E-state index in [9.17, 15) is 26.8 Å². The summed E-state index contributed by atoms with van der Waals surface area (Å²) in [5.74, 6) is -2.78. The predicted octanol–water partition coefficient (Wildman–Crippen LogP) is 2.33. The van der Waals surface area contributed by atoms with E-state index in [2.05, 4.69) is 5.32 Å². The van der Waals surface area contributed by atoms with Gasteiger partial charge >= 0.3 is 0 Å². The Morgan fingerprint density at radius 1 is 1.10 bits per heavy atom. The van der Waals surface area contributed by atoms with Gasteiger partial charge in [-0.3, -0.25) is 9.59 Å². The fourth-order valence-electron chi connectivity index (χ4n) is 2.95. The third-order valence-electron chi connectivity index (χ3n) is 4.53. The summed E-state index contributed by atoms with van der Waals surface area (Å²) in [4.78, 5) is 25.8. The molecule has 0 spiro atoms. The van der Waals surface area contributed by atoms with Gasteiger partial charge in [-0.05, 0) is 24.3 Å². The van der Waals surface area contributed by atoms with Crippen molar-refractivity contribution in [2.45, 2.75) is 10.6 Å². The van der Waals surface area contributed by atoms with Crippen LogP contribution in [0.4, 0.5) is 8.78 Å². The Hall–Kier alpha value is -2.08. The molecule has 0 bridgehead atoms. The lowest BCUT2D eigenvalue weighted by Crippen LogP contribution is -2.50. The number of piperazine rings is 1. The Balaban J connectivity index is 1.47. The van der Waals surface area contributed by atoms with Crippen molar-refractivity contribution in [1.82, 2.24) is 14.5 Å². The van der Waals surface area contributed by atoms with Crippen LogP contribution in [-0.4, -0.2) is 62.2 Å². The number of amides is 2. The van der Waals surface area contributed by atoms with Crippen molar-refractivity contribution in [3.8, 4) is 0 Å². The minimum Gasteiger partial charge on any atom is -0.351 e. The maximum absolute atomic E-state index is 13.6. The summed E-state index contributed by atoms with van der Waals surface area (Å²) in [6.07, 6.45) is -0.0260. The van der Waals surface area contributed by atoms with Crippen LogP contribution in [0.5, 0.6) is 0 Å². The van der Waals surface area contributed by atoms with Crippen LogP contribution in [0.15, 0.2) is 34.5 Å². The Labute approximate surface area is 181 Å². The molecule has 2 aromatic rings. The molecule has 1 N–H and O–H groups in total. The quantitative estimate of drug-likeness (QED) is 0.692. The van der Waals surface area contributed by atoms with Crippen molar-refractivity contribution >= 4 is 44.8 Å². The third-order valence-corrected chi connectivity index (χ3v) is 8.13. The minimum atomic E-state index is -3.65. The molecule has 2 heterocycles. The molecule has 162 valence electrons. The van der Waals surface area contributed by atoms with Crippen LogP contribution >= 0.6 is 22.9 Å². The van der Waals surface area contributed by atoms with Gasteiger partial charge in [0, 0.05) is 45.2 Å². The number of benzene rings is 1. The smallest absolute Gasteiger partial charge is 0.254 e. The molecule has 1 aliphatic heterocycles. The SMILES string of the molecule is O=C(NCCC(=O)N1CCN(S(=O)(=O)c2ccc(Cl)s2)CC1)c1ccc(F)cc1F. The van der Waals surface area contributed by atoms with Crippen LogP contribution in [0, 0.1) is 11.6 Å². The molecule has 2 amide bonds. The maximum atomic E-state index is 13.6. The normalized spacial score (nSPS) is 15.2.